The first-order chi connectivity index (χ1) is 19.9. The lowest BCUT2D eigenvalue weighted by molar-refractivity contribution is 0.309. The molecular formula is C33H31N5O2S. The smallest absolute Gasteiger partial charge is 0.291 e. The lowest BCUT2D eigenvalue weighted by Gasteiger charge is -2.10. The lowest BCUT2D eigenvalue weighted by atomic mass is 9.95. The predicted molar refractivity (Wildman–Crippen MR) is 165 cm³/mol. The largest absolute Gasteiger partial charge is 0.494 e. The molecule has 0 fully saturated rings. The van der Waals surface area contributed by atoms with Gasteiger partial charge in [0.05, 0.1) is 16.8 Å². The van der Waals surface area contributed by atoms with Gasteiger partial charge in [0.2, 0.25) is 4.96 Å². The van der Waals surface area contributed by atoms with Gasteiger partial charge in [0.15, 0.2) is 5.82 Å². The molecule has 0 saturated carbocycles. The van der Waals surface area contributed by atoms with Crippen LogP contribution in [0.5, 0.6) is 5.75 Å². The third-order valence-electron chi connectivity index (χ3n) is 7.02. The van der Waals surface area contributed by atoms with Crippen molar-refractivity contribution in [2.75, 3.05) is 6.61 Å². The number of hydrogen-bond acceptors (Lipinski definition) is 6. The molecule has 6 aromatic rings. The number of fused-ring (bicyclic) bond motifs is 1. The number of aromatic nitrogens is 5. The maximum Gasteiger partial charge on any atom is 0.291 e. The normalized spacial score (nSPS) is 12.0. The Morgan fingerprint density at radius 3 is 2.37 bits per heavy atom. The standard InChI is InChI=1S/C33H31N5O2S/c1-5-6-16-40-27-14-12-24(13-15-27)31-34-33-38(36-31)32(39)28(41-33)19-25-20-37(26-10-8-7-9-11-26)35-30(25)29-22(3)17-21(2)18-23(29)4/h7-15,17-20H,5-6,16H2,1-4H3. The monoisotopic (exact) mass is 561 g/mol. The number of unbranched alkanes of at least 4 members (excludes halogenated alkanes) is 1. The second-order valence-electron chi connectivity index (χ2n) is 10.3. The van der Waals surface area contributed by atoms with E-state index in [1.54, 1.807) is 0 Å². The first kappa shape index (κ1) is 26.7. The number of ether oxygens (including phenoxy) is 1. The summed E-state index contributed by atoms with van der Waals surface area (Å²) in [5, 5.41) is 9.54. The number of hydrogen-bond donors (Lipinski definition) is 0. The highest BCUT2D eigenvalue weighted by Crippen LogP contribution is 2.31. The SMILES string of the molecule is CCCCOc1ccc(-c2nc3sc(=Cc4cn(-c5ccccc5)nc4-c4c(C)cc(C)cc4C)c(=O)n3n2)cc1. The van der Waals surface area contributed by atoms with Crippen molar-refractivity contribution in [3.05, 3.63) is 110 Å². The van der Waals surface area contributed by atoms with Crippen LogP contribution in [0.4, 0.5) is 0 Å². The number of aryl methyl sites for hydroxylation is 3. The van der Waals surface area contributed by atoms with Crippen LogP contribution in [0.2, 0.25) is 0 Å². The van der Waals surface area contributed by atoms with E-state index in [2.05, 4.69) is 49.9 Å². The number of benzene rings is 3. The van der Waals surface area contributed by atoms with Crippen molar-refractivity contribution in [1.82, 2.24) is 24.4 Å². The maximum absolute atomic E-state index is 13.5. The predicted octanol–water partition coefficient (Wildman–Crippen LogP) is 6.32. The number of para-hydroxylation sites is 1. The van der Waals surface area contributed by atoms with Crippen LogP contribution in [0.15, 0.2) is 77.7 Å². The molecule has 7 nitrogen and oxygen atoms in total. The number of thiazole rings is 1. The van der Waals surface area contributed by atoms with E-state index in [0.717, 1.165) is 57.8 Å². The molecule has 0 aliphatic carbocycles. The van der Waals surface area contributed by atoms with Crippen LogP contribution in [0.1, 0.15) is 42.0 Å². The van der Waals surface area contributed by atoms with E-state index in [0.29, 0.717) is 21.9 Å². The second-order valence-corrected chi connectivity index (χ2v) is 11.3. The summed E-state index contributed by atoms with van der Waals surface area (Å²) in [6.07, 6.45) is 6.00. The van der Waals surface area contributed by atoms with Crippen LogP contribution in [0, 0.1) is 20.8 Å². The Morgan fingerprint density at radius 1 is 0.951 bits per heavy atom. The molecule has 0 aliphatic rings. The highest BCUT2D eigenvalue weighted by molar-refractivity contribution is 7.15. The summed E-state index contributed by atoms with van der Waals surface area (Å²) in [5.41, 5.74) is 7.87. The van der Waals surface area contributed by atoms with Crippen LogP contribution >= 0.6 is 11.3 Å². The van der Waals surface area contributed by atoms with Gasteiger partial charge in [0.25, 0.3) is 5.56 Å². The van der Waals surface area contributed by atoms with E-state index < -0.39 is 0 Å². The fourth-order valence-corrected chi connectivity index (χ4v) is 5.98. The zero-order chi connectivity index (χ0) is 28.5. The van der Waals surface area contributed by atoms with Crippen molar-refractivity contribution in [3.8, 4) is 34.1 Å². The molecular weight excluding hydrogens is 530 g/mol. The average Bonchev–Trinajstić information content (AvgIpc) is 3.64. The average molecular weight is 562 g/mol. The van der Waals surface area contributed by atoms with Gasteiger partial charge in [-0.15, -0.1) is 5.10 Å². The summed E-state index contributed by atoms with van der Waals surface area (Å²) >= 11 is 1.33. The van der Waals surface area contributed by atoms with Gasteiger partial charge in [0, 0.05) is 22.9 Å². The number of rotatable bonds is 8. The fourth-order valence-electron chi connectivity index (χ4n) is 5.09. The summed E-state index contributed by atoms with van der Waals surface area (Å²) in [6.45, 7) is 9.14. The van der Waals surface area contributed by atoms with Gasteiger partial charge < -0.3 is 4.74 Å². The summed E-state index contributed by atoms with van der Waals surface area (Å²) in [5.74, 6) is 1.33. The molecule has 0 N–H and O–H groups in total. The first-order valence-corrected chi connectivity index (χ1v) is 14.6. The van der Waals surface area contributed by atoms with Crippen molar-refractivity contribution in [3.63, 3.8) is 0 Å². The Labute approximate surface area is 242 Å². The fraction of sp³-hybridized carbons (Fsp3) is 0.212. The van der Waals surface area contributed by atoms with E-state index in [4.69, 9.17) is 9.84 Å². The van der Waals surface area contributed by atoms with Crippen LogP contribution in [-0.2, 0) is 0 Å². The van der Waals surface area contributed by atoms with Gasteiger partial charge in [-0.3, -0.25) is 4.79 Å². The molecule has 0 bridgehead atoms. The minimum absolute atomic E-state index is 0.195. The molecule has 0 spiro atoms. The van der Waals surface area contributed by atoms with Crippen LogP contribution < -0.4 is 14.8 Å². The highest BCUT2D eigenvalue weighted by atomic mass is 32.1. The molecule has 8 heteroatoms. The van der Waals surface area contributed by atoms with Gasteiger partial charge in [-0.05, 0) is 80.8 Å². The van der Waals surface area contributed by atoms with Crippen molar-refractivity contribution >= 4 is 22.4 Å². The molecule has 3 aromatic carbocycles. The molecule has 0 saturated heterocycles. The molecule has 6 rings (SSSR count). The summed E-state index contributed by atoms with van der Waals surface area (Å²) in [7, 11) is 0. The van der Waals surface area contributed by atoms with Crippen molar-refractivity contribution in [2.24, 2.45) is 0 Å². The minimum Gasteiger partial charge on any atom is -0.494 e. The Bertz CT molecular complexity index is 1930. The highest BCUT2D eigenvalue weighted by Gasteiger charge is 2.17. The van der Waals surface area contributed by atoms with Crippen LogP contribution in [0.3, 0.4) is 0 Å². The van der Waals surface area contributed by atoms with Gasteiger partial charge in [-0.1, -0.05) is 60.6 Å². The van der Waals surface area contributed by atoms with Gasteiger partial charge in [0.1, 0.15) is 11.4 Å². The summed E-state index contributed by atoms with van der Waals surface area (Å²) in [4.78, 5) is 18.7. The number of nitrogens with zero attached hydrogens (tertiary/aromatic N) is 5. The van der Waals surface area contributed by atoms with Crippen LogP contribution in [0.25, 0.3) is 39.4 Å². The quantitative estimate of drug-likeness (QED) is 0.203. The Kier molecular flexibility index (Phi) is 7.24. The van der Waals surface area contributed by atoms with Gasteiger partial charge in [-0.2, -0.15) is 14.6 Å². The molecule has 0 amide bonds. The Morgan fingerprint density at radius 2 is 1.68 bits per heavy atom. The van der Waals surface area contributed by atoms with Crippen molar-refractivity contribution < 1.29 is 4.74 Å². The summed E-state index contributed by atoms with van der Waals surface area (Å²) < 4.78 is 9.58. The lowest BCUT2D eigenvalue weighted by Crippen LogP contribution is -2.23. The van der Waals surface area contributed by atoms with Crippen LogP contribution in [-0.4, -0.2) is 31.0 Å². The first-order valence-electron chi connectivity index (χ1n) is 13.8. The Balaban J connectivity index is 1.41. The summed E-state index contributed by atoms with van der Waals surface area (Å²) in [6, 6.07) is 22.0. The third kappa shape index (κ3) is 5.30. The molecule has 41 heavy (non-hydrogen) atoms. The Hall–Kier alpha value is -4.56. The topological polar surface area (TPSA) is 74.3 Å². The minimum atomic E-state index is -0.195. The zero-order valence-electron chi connectivity index (χ0n) is 23.6. The molecule has 3 aromatic heterocycles. The zero-order valence-corrected chi connectivity index (χ0v) is 24.4. The van der Waals surface area contributed by atoms with E-state index in [-0.39, 0.29) is 5.56 Å². The molecule has 206 valence electrons. The molecule has 0 atom stereocenters. The van der Waals surface area contributed by atoms with Crippen molar-refractivity contribution in [2.45, 2.75) is 40.5 Å². The van der Waals surface area contributed by atoms with Gasteiger partial charge in [-0.25, -0.2) is 4.68 Å². The van der Waals surface area contributed by atoms with E-state index in [1.807, 2.05) is 71.6 Å². The van der Waals surface area contributed by atoms with Crippen molar-refractivity contribution in [1.29, 1.82) is 0 Å². The third-order valence-corrected chi connectivity index (χ3v) is 7.98. The van der Waals surface area contributed by atoms with E-state index in [9.17, 15) is 4.79 Å². The van der Waals surface area contributed by atoms with E-state index in [1.165, 1.54) is 21.4 Å². The molecule has 3 heterocycles. The molecule has 0 aliphatic heterocycles. The maximum atomic E-state index is 13.5. The van der Waals surface area contributed by atoms with Gasteiger partial charge >= 0.3 is 0 Å². The van der Waals surface area contributed by atoms with E-state index >= 15 is 0 Å². The molecule has 0 unspecified atom stereocenters. The second kappa shape index (κ2) is 11.1. The molecule has 0 radical (unpaired) electrons.